The van der Waals surface area contributed by atoms with Gasteiger partial charge >= 0.3 is 6.18 Å². The van der Waals surface area contributed by atoms with E-state index in [0.29, 0.717) is 11.5 Å². The normalized spacial score (nSPS) is 12.4. The summed E-state index contributed by atoms with van der Waals surface area (Å²) in [6.07, 6.45) is -5.54. The summed E-state index contributed by atoms with van der Waals surface area (Å²) in [4.78, 5) is 12.1. The molecule has 0 bridgehead atoms. The molecule has 0 unspecified atom stereocenters. The van der Waals surface area contributed by atoms with Crippen LogP contribution in [0.15, 0.2) is 48.5 Å². The van der Waals surface area contributed by atoms with Crippen molar-refractivity contribution >= 4 is 11.6 Å². The van der Waals surface area contributed by atoms with Crippen molar-refractivity contribution in [3.05, 3.63) is 54.1 Å². The summed E-state index contributed by atoms with van der Waals surface area (Å²) in [7, 11) is 1.49. The Morgan fingerprint density at radius 2 is 1.75 bits per heavy atom. The number of ether oxygens (including phenoxy) is 2. The second-order valence-electron chi connectivity index (χ2n) is 4.97. The summed E-state index contributed by atoms with van der Waals surface area (Å²) in [5.41, 5.74) is -1.22. The van der Waals surface area contributed by atoms with Crippen LogP contribution in [0.2, 0.25) is 0 Å². The first-order valence-electron chi connectivity index (χ1n) is 7.09. The lowest BCUT2D eigenvalue weighted by Crippen LogP contribution is -2.31. The standard InChI is InChI=1S/C17H16F3NO3/c1-11(24-13-7-5-6-12(10-13)23-2)16(22)21-15-9-4-3-8-14(15)17(18,19)20/h3-11H,1-2H3,(H,21,22)/t11-/m0/s1. The highest BCUT2D eigenvalue weighted by Crippen LogP contribution is 2.34. The first-order chi connectivity index (χ1) is 11.3. The monoisotopic (exact) mass is 339 g/mol. The number of rotatable bonds is 5. The fraction of sp³-hybridized carbons (Fsp3) is 0.235. The van der Waals surface area contributed by atoms with Crippen LogP contribution in [-0.2, 0) is 11.0 Å². The van der Waals surface area contributed by atoms with Crippen molar-refractivity contribution in [1.29, 1.82) is 0 Å². The van der Waals surface area contributed by atoms with Gasteiger partial charge in [-0.25, -0.2) is 0 Å². The lowest BCUT2D eigenvalue weighted by Gasteiger charge is -2.17. The Balaban J connectivity index is 2.09. The highest BCUT2D eigenvalue weighted by Gasteiger charge is 2.34. The number of anilines is 1. The zero-order valence-electron chi connectivity index (χ0n) is 13.1. The maximum Gasteiger partial charge on any atom is 0.418 e. The highest BCUT2D eigenvalue weighted by molar-refractivity contribution is 5.94. The van der Waals surface area contributed by atoms with Crippen LogP contribution in [-0.4, -0.2) is 19.1 Å². The molecule has 128 valence electrons. The largest absolute Gasteiger partial charge is 0.497 e. The second-order valence-corrected chi connectivity index (χ2v) is 4.97. The van der Waals surface area contributed by atoms with E-state index in [1.807, 2.05) is 0 Å². The number of methoxy groups -OCH3 is 1. The highest BCUT2D eigenvalue weighted by atomic mass is 19.4. The molecule has 0 aromatic heterocycles. The van der Waals surface area contributed by atoms with Gasteiger partial charge < -0.3 is 14.8 Å². The number of para-hydroxylation sites is 1. The molecule has 1 N–H and O–H groups in total. The minimum absolute atomic E-state index is 0.309. The zero-order chi connectivity index (χ0) is 17.7. The molecular formula is C17H16F3NO3. The molecule has 1 atom stereocenters. The molecule has 0 radical (unpaired) electrons. The van der Waals surface area contributed by atoms with Gasteiger partial charge in [-0.2, -0.15) is 13.2 Å². The van der Waals surface area contributed by atoms with Gasteiger partial charge in [-0.1, -0.05) is 18.2 Å². The first kappa shape index (κ1) is 17.7. The van der Waals surface area contributed by atoms with E-state index >= 15 is 0 Å². The molecule has 2 aromatic rings. The van der Waals surface area contributed by atoms with E-state index in [0.717, 1.165) is 6.07 Å². The molecule has 2 aromatic carbocycles. The number of amides is 1. The molecule has 0 saturated heterocycles. The Hall–Kier alpha value is -2.70. The van der Waals surface area contributed by atoms with Crippen LogP contribution in [0.4, 0.5) is 18.9 Å². The van der Waals surface area contributed by atoms with E-state index in [9.17, 15) is 18.0 Å². The maximum absolute atomic E-state index is 12.9. The van der Waals surface area contributed by atoms with E-state index in [-0.39, 0.29) is 5.69 Å². The average molecular weight is 339 g/mol. The van der Waals surface area contributed by atoms with E-state index in [2.05, 4.69) is 5.32 Å². The van der Waals surface area contributed by atoms with Crippen LogP contribution in [0.1, 0.15) is 12.5 Å². The van der Waals surface area contributed by atoms with Gasteiger partial charge in [-0.05, 0) is 31.2 Å². The third-order valence-electron chi connectivity index (χ3n) is 3.21. The van der Waals surface area contributed by atoms with Gasteiger partial charge in [-0.3, -0.25) is 4.79 Å². The minimum atomic E-state index is -4.55. The number of halogens is 3. The van der Waals surface area contributed by atoms with Crippen molar-refractivity contribution in [2.24, 2.45) is 0 Å². The third-order valence-corrected chi connectivity index (χ3v) is 3.21. The Morgan fingerprint density at radius 3 is 2.42 bits per heavy atom. The van der Waals surface area contributed by atoms with Gasteiger partial charge in [0.2, 0.25) is 0 Å². The van der Waals surface area contributed by atoms with Gasteiger partial charge in [0.05, 0.1) is 18.4 Å². The van der Waals surface area contributed by atoms with Crippen LogP contribution in [0.5, 0.6) is 11.5 Å². The van der Waals surface area contributed by atoms with Crippen molar-refractivity contribution < 1.29 is 27.4 Å². The van der Waals surface area contributed by atoms with Crippen LogP contribution in [0.3, 0.4) is 0 Å². The number of hydrogen-bond donors (Lipinski definition) is 1. The third kappa shape index (κ3) is 4.41. The topological polar surface area (TPSA) is 47.6 Å². The Kier molecular flexibility index (Phi) is 5.33. The van der Waals surface area contributed by atoms with Gasteiger partial charge in [0.1, 0.15) is 11.5 Å². The van der Waals surface area contributed by atoms with Crippen LogP contribution < -0.4 is 14.8 Å². The number of alkyl halides is 3. The quantitative estimate of drug-likeness (QED) is 0.891. The number of benzene rings is 2. The molecule has 0 spiro atoms. The molecule has 0 aliphatic rings. The summed E-state index contributed by atoms with van der Waals surface area (Å²) in [6.45, 7) is 1.45. The van der Waals surface area contributed by atoms with Crippen molar-refractivity contribution in [2.45, 2.75) is 19.2 Å². The van der Waals surface area contributed by atoms with Gasteiger partial charge in [-0.15, -0.1) is 0 Å². The Morgan fingerprint density at radius 1 is 1.08 bits per heavy atom. The summed E-state index contributed by atoms with van der Waals surface area (Å²) in [6, 6.07) is 11.4. The van der Waals surface area contributed by atoms with Crippen LogP contribution in [0, 0.1) is 0 Å². The minimum Gasteiger partial charge on any atom is -0.497 e. The summed E-state index contributed by atoms with van der Waals surface area (Å²) in [5, 5.41) is 2.25. The maximum atomic E-state index is 12.9. The fourth-order valence-corrected chi connectivity index (χ4v) is 2.01. The Bertz CT molecular complexity index is 716. The predicted molar refractivity (Wildman–Crippen MR) is 83.2 cm³/mol. The van der Waals surface area contributed by atoms with Gasteiger partial charge in [0.25, 0.3) is 5.91 Å². The summed E-state index contributed by atoms with van der Waals surface area (Å²) >= 11 is 0. The van der Waals surface area contributed by atoms with Crippen molar-refractivity contribution in [2.75, 3.05) is 12.4 Å². The van der Waals surface area contributed by atoms with E-state index < -0.39 is 23.8 Å². The van der Waals surface area contributed by atoms with Crippen molar-refractivity contribution in [3.8, 4) is 11.5 Å². The first-order valence-corrected chi connectivity index (χ1v) is 7.09. The zero-order valence-corrected chi connectivity index (χ0v) is 13.1. The predicted octanol–water partition coefficient (Wildman–Crippen LogP) is 4.12. The Labute approximate surface area is 137 Å². The van der Waals surface area contributed by atoms with E-state index in [4.69, 9.17) is 9.47 Å². The molecule has 0 fully saturated rings. The molecule has 0 heterocycles. The molecule has 7 heteroatoms. The fourth-order valence-electron chi connectivity index (χ4n) is 2.01. The van der Waals surface area contributed by atoms with Crippen molar-refractivity contribution in [3.63, 3.8) is 0 Å². The molecule has 1 amide bonds. The molecule has 0 aliphatic heterocycles. The number of hydrogen-bond acceptors (Lipinski definition) is 3. The second kappa shape index (κ2) is 7.25. The molecular weight excluding hydrogens is 323 g/mol. The number of carbonyl (C=O) groups excluding carboxylic acids is 1. The van der Waals surface area contributed by atoms with Gasteiger partial charge in [0, 0.05) is 6.07 Å². The molecule has 0 aliphatic carbocycles. The molecule has 0 saturated carbocycles. The van der Waals surface area contributed by atoms with E-state index in [1.165, 1.54) is 32.2 Å². The van der Waals surface area contributed by atoms with Crippen molar-refractivity contribution in [1.82, 2.24) is 0 Å². The number of carbonyl (C=O) groups is 1. The summed E-state index contributed by atoms with van der Waals surface area (Å²) < 4.78 is 49.3. The van der Waals surface area contributed by atoms with Gasteiger partial charge in [0.15, 0.2) is 6.10 Å². The smallest absolute Gasteiger partial charge is 0.418 e. The van der Waals surface area contributed by atoms with E-state index in [1.54, 1.807) is 24.3 Å². The molecule has 24 heavy (non-hydrogen) atoms. The van der Waals surface area contributed by atoms with Crippen LogP contribution >= 0.6 is 0 Å². The lowest BCUT2D eigenvalue weighted by molar-refractivity contribution is -0.137. The summed E-state index contributed by atoms with van der Waals surface area (Å²) in [5.74, 6) is 0.234. The molecule has 2 rings (SSSR count). The number of nitrogens with one attached hydrogen (secondary N) is 1. The SMILES string of the molecule is COc1cccc(O[C@@H](C)C(=O)Nc2ccccc2C(F)(F)F)c1. The lowest BCUT2D eigenvalue weighted by atomic mass is 10.1. The average Bonchev–Trinajstić information content (AvgIpc) is 2.54. The molecule has 4 nitrogen and oxygen atoms in total. The van der Waals surface area contributed by atoms with Crippen LogP contribution in [0.25, 0.3) is 0 Å².